The summed E-state index contributed by atoms with van der Waals surface area (Å²) in [4.78, 5) is 11.3. The Labute approximate surface area is 193 Å². The van der Waals surface area contributed by atoms with E-state index in [1.54, 1.807) is 0 Å². The number of aliphatic hydroxyl groups is 1. The average Bonchev–Trinajstić information content (AvgIpc) is 3.51. The van der Waals surface area contributed by atoms with Crippen molar-refractivity contribution in [2.24, 2.45) is 5.92 Å². The Balaban J connectivity index is 1.83. The van der Waals surface area contributed by atoms with Gasteiger partial charge in [-0.2, -0.15) is 13.2 Å². The van der Waals surface area contributed by atoms with Crippen LogP contribution >= 0.6 is 11.6 Å². The fraction of sp³-hybridized carbons (Fsp3) is 0.350. The van der Waals surface area contributed by atoms with Crippen LogP contribution in [0, 0.1) is 5.92 Å². The number of halogens is 4. The van der Waals surface area contributed by atoms with Crippen LogP contribution in [0.4, 0.5) is 18.9 Å². The van der Waals surface area contributed by atoms with E-state index in [4.69, 9.17) is 11.6 Å². The lowest BCUT2D eigenvalue weighted by molar-refractivity contribution is -0.242. The molecule has 0 aliphatic heterocycles. The normalized spacial score (nSPS) is 16.8. The summed E-state index contributed by atoms with van der Waals surface area (Å²) >= 11 is 5.95. The van der Waals surface area contributed by atoms with E-state index in [-0.39, 0.29) is 44.0 Å². The Bertz CT molecular complexity index is 1290. The number of nitrogens with one attached hydrogen (secondary N) is 1. The molecule has 0 radical (unpaired) electrons. The number of carbonyl (C=O) groups is 1. The van der Waals surface area contributed by atoms with Gasteiger partial charge in [0.1, 0.15) is 0 Å². The van der Waals surface area contributed by atoms with E-state index in [9.17, 15) is 39.9 Å². The highest BCUT2D eigenvalue weighted by molar-refractivity contribution is 7.92. The van der Waals surface area contributed by atoms with E-state index in [2.05, 4.69) is 0 Å². The van der Waals surface area contributed by atoms with Crippen molar-refractivity contribution in [3.8, 4) is 0 Å². The van der Waals surface area contributed by atoms with Crippen molar-refractivity contribution in [3.05, 3.63) is 47.5 Å². The molecule has 0 saturated heterocycles. The summed E-state index contributed by atoms with van der Waals surface area (Å²) < 4.78 is 88.8. The molecular formula is C20H19ClF3NO6S2. The molecule has 2 N–H and O–H groups in total. The van der Waals surface area contributed by atoms with Gasteiger partial charge in [0.15, 0.2) is 9.84 Å². The third kappa shape index (κ3) is 5.34. The molecule has 0 heterocycles. The van der Waals surface area contributed by atoms with Gasteiger partial charge in [-0.3, -0.25) is 4.79 Å². The van der Waals surface area contributed by atoms with Crippen LogP contribution in [0.15, 0.2) is 57.2 Å². The zero-order valence-electron chi connectivity index (χ0n) is 17.1. The first-order chi connectivity index (χ1) is 15.1. The first-order valence-electron chi connectivity index (χ1n) is 9.54. The molecule has 0 bridgehead atoms. The Kier molecular flexibility index (Phi) is 6.61. The largest absolute Gasteiger partial charge is 0.426 e. The summed E-state index contributed by atoms with van der Waals surface area (Å²) in [5.74, 6) is -1.67. The van der Waals surface area contributed by atoms with Crippen molar-refractivity contribution in [3.63, 3.8) is 0 Å². The minimum atomic E-state index is -5.24. The molecule has 1 aliphatic rings. The molecule has 1 saturated carbocycles. The summed E-state index contributed by atoms with van der Waals surface area (Å²) in [5, 5.41) is 10.9. The molecule has 3 rings (SSSR count). The number of anilines is 1. The number of hydrogen-bond acceptors (Lipinski definition) is 6. The molecule has 1 atom stereocenters. The van der Waals surface area contributed by atoms with E-state index < -0.39 is 37.4 Å². The third-order valence-corrected chi connectivity index (χ3v) is 9.12. The fourth-order valence-electron chi connectivity index (χ4n) is 2.79. The lowest BCUT2D eigenvalue weighted by Crippen LogP contribution is -2.52. The molecule has 7 nitrogen and oxygen atoms in total. The number of rotatable bonds is 7. The van der Waals surface area contributed by atoms with Gasteiger partial charge in [-0.15, -0.1) is 0 Å². The second kappa shape index (κ2) is 8.57. The van der Waals surface area contributed by atoms with Crippen molar-refractivity contribution >= 4 is 42.9 Å². The molecule has 2 aromatic carbocycles. The highest BCUT2D eigenvalue weighted by atomic mass is 35.5. The van der Waals surface area contributed by atoms with Crippen LogP contribution in [0.25, 0.3) is 0 Å². The summed E-state index contributed by atoms with van der Waals surface area (Å²) in [6, 6.07) is 7.58. The molecule has 1 amide bonds. The first-order valence-corrected chi connectivity index (χ1v) is 13.0. The Morgan fingerprint density at radius 3 is 2.03 bits per heavy atom. The number of carbonyl (C=O) groups excluding carboxylic acids is 1. The predicted molar refractivity (Wildman–Crippen MR) is 113 cm³/mol. The molecule has 1 aliphatic carbocycles. The van der Waals surface area contributed by atoms with Gasteiger partial charge in [-0.25, -0.2) is 16.8 Å². The van der Waals surface area contributed by atoms with Gasteiger partial charge in [-0.05, 0) is 68.1 Å². The van der Waals surface area contributed by atoms with E-state index in [1.807, 2.05) is 5.32 Å². The van der Waals surface area contributed by atoms with Crippen molar-refractivity contribution in [2.75, 3.05) is 11.1 Å². The molecule has 180 valence electrons. The number of benzene rings is 2. The highest BCUT2D eigenvalue weighted by Crippen LogP contribution is 2.34. The molecule has 0 unspecified atom stereocenters. The van der Waals surface area contributed by atoms with Gasteiger partial charge in [0, 0.05) is 0 Å². The van der Waals surface area contributed by atoms with Crippen LogP contribution in [0.3, 0.4) is 0 Å². The van der Waals surface area contributed by atoms with Crippen LogP contribution in [-0.2, 0) is 24.5 Å². The van der Waals surface area contributed by atoms with Gasteiger partial charge in [0.05, 0.1) is 31.1 Å². The summed E-state index contributed by atoms with van der Waals surface area (Å²) in [5.41, 5.74) is -4.03. The lowest BCUT2D eigenvalue weighted by Gasteiger charge is -2.25. The predicted octanol–water partition coefficient (Wildman–Crippen LogP) is 3.61. The summed E-state index contributed by atoms with van der Waals surface area (Å²) in [6.07, 6.45) is -3.56. The van der Waals surface area contributed by atoms with Gasteiger partial charge in [0.2, 0.25) is 15.4 Å². The maximum atomic E-state index is 12.9. The van der Waals surface area contributed by atoms with Crippen LogP contribution in [0.1, 0.15) is 19.8 Å². The monoisotopic (exact) mass is 525 g/mol. The van der Waals surface area contributed by atoms with Crippen molar-refractivity contribution in [1.29, 1.82) is 0 Å². The van der Waals surface area contributed by atoms with Crippen LogP contribution < -0.4 is 5.32 Å². The van der Waals surface area contributed by atoms with Crippen molar-refractivity contribution < 1.29 is 39.9 Å². The topological polar surface area (TPSA) is 118 Å². The Hall–Kier alpha value is -2.15. The maximum Gasteiger partial charge on any atom is 0.426 e. The molecule has 0 spiro atoms. The van der Waals surface area contributed by atoms with Gasteiger partial charge in [-0.1, -0.05) is 11.6 Å². The molecule has 13 heteroatoms. The second-order valence-electron chi connectivity index (χ2n) is 7.87. The molecule has 2 aromatic rings. The first kappa shape index (κ1) is 25.5. The van der Waals surface area contributed by atoms with Crippen LogP contribution in [-0.4, -0.2) is 45.4 Å². The summed E-state index contributed by atoms with van der Waals surface area (Å²) in [7, 11) is -7.68. The molecular weight excluding hydrogens is 507 g/mol. The van der Waals surface area contributed by atoms with Crippen LogP contribution in [0.2, 0.25) is 5.02 Å². The van der Waals surface area contributed by atoms with Crippen LogP contribution in [0.5, 0.6) is 0 Å². The van der Waals surface area contributed by atoms with E-state index in [0.717, 1.165) is 43.2 Å². The Morgan fingerprint density at radius 1 is 1.03 bits per heavy atom. The van der Waals surface area contributed by atoms with E-state index >= 15 is 0 Å². The zero-order chi connectivity index (χ0) is 24.8. The van der Waals surface area contributed by atoms with Crippen molar-refractivity contribution in [1.82, 2.24) is 0 Å². The SMILES string of the molecule is C[C@@](O)(C(=O)Nc1ccc(S(=O)(=O)c2ccc(S(=O)(=O)CC3CC3)cc2)cc1Cl)C(F)(F)F. The average molecular weight is 526 g/mol. The van der Waals surface area contributed by atoms with E-state index in [1.165, 1.54) is 12.1 Å². The minimum absolute atomic E-state index is 0.00107. The second-order valence-corrected chi connectivity index (χ2v) is 12.3. The number of hydrogen-bond donors (Lipinski definition) is 2. The standard InChI is InChI=1S/C20H19ClF3NO6S2/c1-19(27,20(22,23)24)18(26)25-17-9-8-15(10-16(17)21)33(30,31)14-6-4-13(5-7-14)32(28,29)11-12-2-3-12/h4-10,12,27H,2-3,11H2,1H3,(H,25,26)/t19-/m1/s1. The fourth-order valence-corrected chi connectivity index (χ4v) is 6.07. The summed E-state index contributed by atoms with van der Waals surface area (Å²) in [6.45, 7) is 0.267. The van der Waals surface area contributed by atoms with Crippen molar-refractivity contribution in [2.45, 2.75) is 46.2 Å². The smallest absolute Gasteiger partial charge is 0.373 e. The zero-order valence-corrected chi connectivity index (χ0v) is 19.4. The molecule has 33 heavy (non-hydrogen) atoms. The number of sulfone groups is 2. The quantitative estimate of drug-likeness (QED) is 0.570. The van der Waals surface area contributed by atoms with Gasteiger partial charge in [0.25, 0.3) is 5.91 Å². The molecule has 0 aromatic heterocycles. The Morgan fingerprint density at radius 2 is 1.55 bits per heavy atom. The number of alkyl halides is 3. The number of amides is 1. The maximum absolute atomic E-state index is 12.9. The highest BCUT2D eigenvalue weighted by Gasteiger charge is 2.55. The van der Waals surface area contributed by atoms with E-state index in [0.29, 0.717) is 0 Å². The lowest BCUT2D eigenvalue weighted by atomic mass is 10.1. The minimum Gasteiger partial charge on any atom is -0.373 e. The van der Waals surface area contributed by atoms with Gasteiger partial charge < -0.3 is 10.4 Å². The van der Waals surface area contributed by atoms with Gasteiger partial charge >= 0.3 is 6.18 Å². The molecule has 1 fully saturated rings. The third-order valence-electron chi connectivity index (χ3n) is 5.14.